The van der Waals surface area contributed by atoms with E-state index in [2.05, 4.69) is 17.2 Å². The number of benzene rings is 1. The predicted octanol–water partition coefficient (Wildman–Crippen LogP) is 2.77. The lowest BCUT2D eigenvalue weighted by Gasteiger charge is -2.09. The SMILES string of the molecule is CCc1cccnc1CNCc1cc(C(=O)O)ccc1F. The summed E-state index contributed by atoms with van der Waals surface area (Å²) in [6.45, 7) is 2.82. The third kappa shape index (κ3) is 3.86. The van der Waals surface area contributed by atoms with Crippen LogP contribution in [-0.4, -0.2) is 16.1 Å². The maximum atomic E-state index is 13.7. The molecule has 0 saturated heterocycles. The highest BCUT2D eigenvalue weighted by Gasteiger charge is 2.08. The lowest BCUT2D eigenvalue weighted by Crippen LogP contribution is -2.16. The molecule has 1 aromatic carbocycles. The average Bonchev–Trinajstić information content (AvgIpc) is 2.49. The van der Waals surface area contributed by atoms with Gasteiger partial charge in [-0.05, 0) is 36.2 Å². The first-order chi connectivity index (χ1) is 10.1. The summed E-state index contributed by atoms with van der Waals surface area (Å²) in [4.78, 5) is 15.2. The van der Waals surface area contributed by atoms with Crippen molar-refractivity contribution in [2.75, 3.05) is 0 Å². The van der Waals surface area contributed by atoms with Gasteiger partial charge in [0.2, 0.25) is 0 Å². The number of carbonyl (C=O) groups is 1. The molecule has 0 atom stereocenters. The number of pyridine rings is 1. The number of carboxylic acids is 1. The van der Waals surface area contributed by atoms with Crippen LogP contribution < -0.4 is 5.32 Å². The number of nitrogens with zero attached hydrogens (tertiary/aromatic N) is 1. The molecule has 0 aliphatic rings. The Labute approximate surface area is 122 Å². The minimum absolute atomic E-state index is 0.0836. The van der Waals surface area contributed by atoms with Crippen LogP contribution in [0.25, 0.3) is 0 Å². The second kappa shape index (κ2) is 6.95. The van der Waals surface area contributed by atoms with Gasteiger partial charge < -0.3 is 10.4 Å². The molecule has 0 bridgehead atoms. The first-order valence-corrected chi connectivity index (χ1v) is 6.77. The second-order valence-electron chi connectivity index (χ2n) is 4.68. The molecular weight excluding hydrogens is 271 g/mol. The highest BCUT2D eigenvalue weighted by atomic mass is 19.1. The number of aromatic carboxylic acids is 1. The number of carboxylic acid groups (broad SMARTS) is 1. The van der Waals surface area contributed by atoms with Crippen LogP contribution >= 0.6 is 0 Å². The van der Waals surface area contributed by atoms with Gasteiger partial charge in [0.15, 0.2) is 0 Å². The molecule has 4 nitrogen and oxygen atoms in total. The lowest BCUT2D eigenvalue weighted by atomic mass is 10.1. The minimum atomic E-state index is -1.06. The largest absolute Gasteiger partial charge is 0.478 e. The van der Waals surface area contributed by atoms with E-state index in [-0.39, 0.29) is 12.1 Å². The van der Waals surface area contributed by atoms with Crippen molar-refractivity contribution < 1.29 is 14.3 Å². The number of halogens is 1. The van der Waals surface area contributed by atoms with E-state index in [0.29, 0.717) is 12.1 Å². The molecule has 2 rings (SSSR count). The monoisotopic (exact) mass is 288 g/mol. The summed E-state index contributed by atoms with van der Waals surface area (Å²) in [5.74, 6) is -1.47. The third-order valence-electron chi connectivity index (χ3n) is 3.27. The molecule has 0 amide bonds. The minimum Gasteiger partial charge on any atom is -0.478 e. The van der Waals surface area contributed by atoms with Crippen molar-refractivity contribution in [2.24, 2.45) is 0 Å². The molecule has 0 fully saturated rings. The first kappa shape index (κ1) is 15.1. The summed E-state index contributed by atoms with van der Waals surface area (Å²) in [7, 11) is 0. The van der Waals surface area contributed by atoms with E-state index in [1.807, 2.05) is 12.1 Å². The normalized spacial score (nSPS) is 10.6. The quantitative estimate of drug-likeness (QED) is 0.858. The van der Waals surface area contributed by atoms with Crippen LogP contribution in [0.4, 0.5) is 4.39 Å². The molecule has 2 aromatic rings. The van der Waals surface area contributed by atoms with Crippen LogP contribution in [0.5, 0.6) is 0 Å². The molecule has 1 aromatic heterocycles. The van der Waals surface area contributed by atoms with E-state index in [4.69, 9.17) is 5.11 Å². The fraction of sp³-hybridized carbons (Fsp3) is 0.250. The molecule has 110 valence electrons. The van der Waals surface area contributed by atoms with Crippen LogP contribution in [0, 0.1) is 5.82 Å². The highest BCUT2D eigenvalue weighted by Crippen LogP contribution is 2.11. The highest BCUT2D eigenvalue weighted by molar-refractivity contribution is 5.87. The second-order valence-corrected chi connectivity index (χ2v) is 4.68. The van der Waals surface area contributed by atoms with E-state index in [0.717, 1.165) is 17.7 Å². The van der Waals surface area contributed by atoms with Gasteiger partial charge in [0.1, 0.15) is 5.82 Å². The molecule has 0 aliphatic heterocycles. The molecule has 0 aliphatic carbocycles. The molecule has 0 spiro atoms. The van der Waals surface area contributed by atoms with Gasteiger partial charge >= 0.3 is 5.97 Å². The van der Waals surface area contributed by atoms with E-state index in [1.165, 1.54) is 18.2 Å². The Morgan fingerprint density at radius 3 is 2.81 bits per heavy atom. The molecular formula is C16H17FN2O2. The van der Waals surface area contributed by atoms with Crippen LogP contribution in [0.2, 0.25) is 0 Å². The average molecular weight is 288 g/mol. The number of hydrogen-bond acceptors (Lipinski definition) is 3. The Hall–Kier alpha value is -2.27. The van der Waals surface area contributed by atoms with Crippen molar-refractivity contribution in [1.82, 2.24) is 10.3 Å². The molecule has 0 radical (unpaired) electrons. The standard InChI is InChI=1S/C16H17FN2O2/c1-2-11-4-3-7-19-15(11)10-18-9-13-8-12(16(20)21)5-6-14(13)17/h3-8,18H,2,9-10H2,1H3,(H,20,21). The van der Waals surface area contributed by atoms with E-state index in [9.17, 15) is 9.18 Å². The Morgan fingerprint density at radius 1 is 1.29 bits per heavy atom. The maximum Gasteiger partial charge on any atom is 0.335 e. The van der Waals surface area contributed by atoms with Gasteiger partial charge in [-0.1, -0.05) is 13.0 Å². The van der Waals surface area contributed by atoms with Gasteiger partial charge in [-0.25, -0.2) is 9.18 Å². The van der Waals surface area contributed by atoms with Crippen LogP contribution in [0.1, 0.15) is 34.1 Å². The smallest absolute Gasteiger partial charge is 0.335 e. The topological polar surface area (TPSA) is 62.2 Å². The molecule has 5 heteroatoms. The molecule has 0 saturated carbocycles. The summed E-state index contributed by atoms with van der Waals surface area (Å²) in [5.41, 5.74) is 2.49. The predicted molar refractivity (Wildman–Crippen MR) is 77.5 cm³/mol. The zero-order valence-corrected chi connectivity index (χ0v) is 11.8. The van der Waals surface area contributed by atoms with Gasteiger partial charge in [-0.15, -0.1) is 0 Å². The summed E-state index contributed by atoms with van der Waals surface area (Å²) in [6.07, 6.45) is 2.61. The van der Waals surface area contributed by atoms with Gasteiger partial charge in [-0.3, -0.25) is 4.98 Å². The summed E-state index contributed by atoms with van der Waals surface area (Å²) in [5, 5.41) is 12.0. The van der Waals surface area contributed by atoms with Crippen molar-refractivity contribution in [3.63, 3.8) is 0 Å². The van der Waals surface area contributed by atoms with Crippen molar-refractivity contribution in [3.05, 3.63) is 64.7 Å². The number of aryl methyl sites for hydroxylation is 1. The Bertz CT molecular complexity index is 644. The molecule has 0 unspecified atom stereocenters. The fourth-order valence-electron chi connectivity index (χ4n) is 2.11. The third-order valence-corrected chi connectivity index (χ3v) is 3.27. The number of nitrogens with one attached hydrogen (secondary N) is 1. The van der Waals surface area contributed by atoms with Crippen molar-refractivity contribution in [3.8, 4) is 0 Å². The lowest BCUT2D eigenvalue weighted by molar-refractivity contribution is 0.0696. The van der Waals surface area contributed by atoms with Crippen LogP contribution in [0.15, 0.2) is 36.5 Å². The molecule has 1 heterocycles. The molecule has 2 N–H and O–H groups in total. The van der Waals surface area contributed by atoms with Crippen molar-refractivity contribution in [1.29, 1.82) is 0 Å². The van der Waals surface area contributed by atoms with Crippen LogP contribution in [0.3, 0.4) is 0 Å². The maximum absolute atomic E-state index is 13.7. The summed E-state index contributed by atoms with van der Waals surface area (Å²) < 4.78 is 13.7. The summed E-state index contributed by atoms with van der Waals surface area (Å²) in [6, 6.07) is 7.69. The number of hydrogen-bond donors (Lipinski definition) is 2. The fourth-order valence-corrected chi connectivity index (χ4v) is 2.11. The van der Waals surface area contributed by atoms with Gasteiger partial charge in [0.05, 0.1) is 11.3 Å². The zero-order valence-electron chi connectivity index (χ0n) is 11.8. The van der Waals surface area contributed by atoms with Crippen molar-refractivity contribution in [2.45, 2.75) is 26.4 Å². The zero-order chi connectivity index (χ0) is 15.2. The number of rotatable bonds is 6. The van der Waals surface area contributed by atoms with Gasteiger partial charge in [-0.2, -0.15) is 0 Å². The Kier molecular flexibility index (Phi) is 5.00. The Balaban J connectivity index is 2.03. The Morgan fingerprint density at radius 2 is 2.10 bits per heavy atom. The van der Waals surface area contributed by atoms with Gasteiger partial charge in [0.25, 0.3) is 0 Å². The first-order valence-electron chi connectivity index (χ1n) is 6.77. The molecule has 21 heavy (non-hydrogen) atoms. The summed E-state index contributed by atoms with van der Waals surface area (Å²) >= 11 is 0. The van der Waals surface area contributed by atoms with Gasteiger partial charge in [0, 0.05) is 24.8 Å². The van der Waals surface area contributed by atoms with Crippen LogP contribution in [-0.2, 0) is 19.5 Å². The van der Waals surface area contributed by atoms with Crippen molar-refractivity contribution >= 4 is 5.97 Å². The van der Waals surface area contributed by atoms with E-state index < -0.39 is 11.8 Å². The van der Waals surface area contributed by atoms with E-state index in [1.54, 1.807) is 6.20 Å². The van der Waals surface area contributed by atoms with E-state index >= 15 is 0 Å². The number of aromatic nitrogens is 1.